The smallest absolute Gasteiger partial charge is 0.124 e. The summed E-state index contributed by atoms with van der Waals surface area (Å²) < 4.78 is 15.3. The van der Waals surface area contributed by atoms with Crippen molar-refractivity contribution in [1.82, 2.24) is 5.32 Å². The van der Waals surface area contributed by atoms with Crippen molar-refractivity contribution in [2.24, 2.45) is 0 Å². The third kappa shape index (κ3) is 6.07. The number of aliphatic hydroxyl groups is 1. The number of ether oxygens (including phenoxy) is 3. The van der Waals surface area contributed by atoms with E-state index in [4.69, 9.17) is 25.8 Å². The summed E-state index contributed by atoms with van der Waals surface area (Å²) >= 11 is 6.12. The number of hydrogen-bond acceptors (Lipinski definition) is 5. The van der Waals surface area contributed by atoms with Crippen LogP contribution in [-0.4, -0.2) is 51.8 Å². The molecule has 0 saturated heterocycles. The molecule has 114 valence electrons. The van der Waals surface area contributed by atoms with E-state index in [1.54, 1.807) is 14.2 Å². The summed E-state index contributed by atoms with van der Waals surface area (Å²) in [6.07, 6.45) is -0.569. The molecule has 1 aromatic rings. The van der Waals surface area contributed by atoms with E-state index in [0.29, 0.717) is 31.3 Å². The number of methoxy groups -OCH3 is 2. The average Bonchev–Trinajstić information content (AvgIpc) is 2.45. The second kappa shape index (κ2) is 9.96. The van der Waals surface area contributed by atoms with Crippen LogP contribution in [0.3, 0.4) is 0 Å². The summed E-state index contributed by atoms with van der Waals surface area (Å²) in [5.74, 6) is 0.732. The van der Waals surface area contributed by atoms with Crippen LogP contribution in [0, 0.1) is 0 Å². The predicted molar refractivity (Wildman–Crippen MR) is 78.4 cm³/mol. The first-order chi connectivity index (χ1) is 9.69. The van der Waals surface area contributed by atoms with E-state index in [2.05, 4.69) is 5.32 Å². The Morgan fingerprint density at radius 1 is 1.30 bits per heavy atom. The van der Waals surface area contributed by atoms with Crippen LogP contribution in [0.15, 0.2) is 18.2 Å². The van der Waals surface area contributed by atoms with Crippen LogP contribution < -0.4 is 10.1 Å². The average molecular weight is 304 g/mol. The number of hydrogen-bond donors (Lipinski definition) is 2. The molecule has 0 spiro atoms. The van der Waals surface area contributed by atoms with Crippen LogP contribution in [0.4, 0.5) is 0 Å². The molecule has 1 unspecified atom stereocenters. The molecule has 0 amide bonds. The molecule has 6 heteroatoms. The largest absolute Gasteiger partial charge is 0.496 e. The maximum absolute atomic E-state index is 9.73. The molecular formula is C14H22ClNO4. The van der Waals surface area contributed by atoms with Gasteiger partial charge in [-0.3, -0.25) is 0 Å². The molecule has 0 saturated carbocycles. The van der Waals surface area contributed by atoms with E-state index >= 15 is 0 Å². The van der Waals surface area contributed by atoms with Gasteiger partial charge in [-0.15, -0.1) is 0 Å². The van der Waals surface area contributed by atoms with Crippen molar-refractivity contribution in [3.05, 3.63) is 28.8 Å². The Kier molecular flexibility index (Phi) is 8.57. The minimum Gasteiger partial charge on any atom is -0.496 e. The summed E-state index contributed by atoms with van der Waals surface area (Å²) in [4.78, 5) is 0. The molecule has 1 rings (SSSR count). The van der Waals surface area contributed by atoms with E-state index in [1.165, 1.54) is 0 Å². The van der Waals surface area contributed by atoms with E-state index in [1.807, 2.05) is 18.2 Å². The van der Waals surface area contributed by atoms with Gasteiger partial charge < -0.3 is 24.6 Å². The van der Waals surface area contributed by atoms with Gasteiger partial charge in [0.25, 0.3) is 0 Å². The molecule has 2 N–H and O–H groups in total. The monoisotopic (exact) mass is 303 g/mol. The van der Waals surface area contributed by atoms with Crippen molar-refractivity contribution in [2.75, 3.05) is 40.6 Å². The zero-order chi connectivity index (χ0) is 14.8. The van der Waals surface area contributed by atoms with E-state index < -0.39 is 6.10 Å². The van der Waals surface area contributed by atoms with Gasteiger partial charge in [-0.2, -0.15) is 0 Å². The summed E-state index contributed by atoms with van der Waals surface area (Å²) in [6, 6.07) is 5.50. The third-order valence-corrected chi connectivity index (χ3v) is 3.07. The van der Waals surface area contributed by atoms with Gasteiger partial charge in [0.2, 0.25) is 0 Å². The van der Waals surface area contributed by atoms with Crippen LogP contribution in [0.2, 0.25) is 5.02 Å². The number of rotatable bonds is 10. The predicted octanol–water partition coefficient (Wildman–Crippen LogP) is 1.46. The fourth-order valence-corrected chi connectivity index (χ4v) is 1.92. The molecule has 0 aliphatic heterocycles. The van der Waals surface area contributed by atoms with Crippen LogP contribution in [0.5, 0.6) is 5.75 Å². The van der Waals surface area contributed by atoms with Crippen LogP contribution in [0.1, 0.15) is 5.56 Å². The molecule has 5 nitrogen and oxygen atoms in total. The lowest BCUT2D eigenvalue weighted by Gasteiger charge is -2.14. The summed E-state index contributed by atoms with van der Waals surface area (Å²) in [5, 5.41) is 13.5. The molecule has 0 aliphatic carbocycles. The quantitative estimate of drug-likeness (QED) is 0.641. The lowest BCUT2D eigenvalue weighted by atomic mass is 10.2. The van der Waals surface area contributed by atoms with Crippen molar-refractivity contribution < 1.29 is 19.3 Å². The Morgan fingerprint density at radius 3 is 2.80 bits per heavy atom. The lowest BCUT2D eigenvalue weighted by Crippen LogP contribution is -2.30. The fourth-order valence-electron chi connectivity index (χ4n) is 1.69. The highest BCUT2D eigenvalue weighted by Crippen LogP contribution is 2.25. The van der Waals surface area contributed by atoms with E-state index in [9.17, 15) is 5.11 Å². The molecule has 0 aliphatic rings. The zero-order valence-electron chi connectivity index (χ0n) is 11.9. The van der Waals surface area contributed by atoms with Crippen molar-refractivity contribution in [3.63, 3.8) is 0 Å². The second-order valence-electron chi connectivity index (χ2n) is 4.27. The van der Waals surface area contributed by atoms with E-state index in [-0.39, 0.29) is 6.61 Å². The molecule has 0 bridgehead atoms. The Bertz CT molecular complexity index is 389. The number of nitrogens with one attached hydrogen (secondary N) is 1. The minimum absolute atomic E-state index is 0.274. The first kappa shape index (κ1) is 17.2. The minimum atomic E-state index is -0.569. The molecule has 0 aromatic heterocycles. The van der Waals surface area contributed by atoms with Gasteiger partial charge in [0, 0.05) is 30.8 Å². The summed E-state index contributed by atoms with van der Waals surface area (Å²) in [6.45, 7) is 2.22. The molecule has 0 radical (unpaired) electrons. The zero-order valence-corrected chi connectivity index (χ0v) is 12.7. The standard InChI is InChI=1S/C14H22ClNO4/c1-18-6-7-20-10-11(17)8-16-9-12-13(15)4-3-5-14(12)19-2/h3-5,11,16-17H,6-10H2,1-2H3. The number of aliphatic hydroxyl groups excluding tert-OH is 1. The first-order valence-electron chi connectivity index (χ1n) is 6.46. The third-order valence-electron chi connectivity index (χ3n) is 2.72. The van der Waals surface area contributed by atoms with Crippen molar-refractivity contribution >= 4 is 11.6 Å². The Labute approximate surface area is 124 Å². The Balaban J connectivity index is 2.30. The van der Waals surface area contributed by atoms with Crippen LogP contribution >= 0.6 is 11.6 Å². The number of halogens is 1. The number of benzene rings is 1. The molecule has 0 fully saturated rings. The first-order valence-corrected chi connectivity index (χ1v) is 6.83. The topological polar surface area (TPSA) is 60.0 Å². The maximum Gasteiger partial charge on any atom is 0.124 e. The van der Waals surface area contributed by atoms with Gasteiger partial charge in [0.1, 0.15) is 5.75 Å². The SMILES string of the molecule is COCCOCC(O)CNCc1c(Cl)cccc1OC. The molecule has 1 aromatic carbocycles. The van der Waals surface area contributed by atoms with E-state index in [0.717, 1.165) is 11.3 Å². The van der Waals surface area contributed by atoms with Gasteiger partial charge in [-0.1, -0.05) is 17.7 Å². The van der Waals surface area contributed by atoms with Crippen LogP contribution in [0.25, 0.3) is 0 Å². The molecule has 1 atom stereocenters. The highest BCUT2D eigenvalue weighted by molar-refractivity contribution is 6.31. The molecule has 0 heterocycles. The van der Waals surface area contributed by atoms with Crippen molar-refractivity contribution in [1.29, 1.82) is 0 Å². The van der Waals surface area contributed by atoms with Gasteiger partial charge in [0.15, 0.2) is 0 Å². The Hall–Kier alpha value is -0.850. The lowest BCUT2D eigenvalue weighted by molar-refractivity contribution is 0.0137. The van der Waals surface area contributed by atoms with Crippen molar-refractivity contribution in [3.8, 4) is 5.75 Å². The highest BCUT2D eigenvalue weighted by Gasteiger charge is 2.09. The van der Waals surface area contributed by atoms with Gasteiger partial charge in [-0.25, -0.2) is 0 Å². The Morgan fingerprint density at radius 2 is 2.10 bits per heavy atom. The van der Waals surface area contributed by atoms with Gasteiger partial charge in [-0.05, 0) is 12.1 Å². The van der Waals surface area contributed by atoms with Gasteiger partial charge >= 0.3 is 0 Å². The second-order valence-corrected chi connectivity index (χ2v) is 4.68. The highest BCUT2D eigenvalue weighted by atomic mass is 35.5. The summed E-state index contributed by atoms with van der Waals surface area (Å²) in [7, 11) is 3.21. The molecule has 20 heavy (non-hydrogen) atoms. The van der Waals surface area contributed by atoms with Crippen molar-refractivity contribution in [2.45, 2.75) is 12.6 Å². The summed E-state index contributed by atoms with van der Waals surface area (Å²) in [5.41, 5.74) is 0.879. The van der Waals surface area contributed by atoms with Crippen LogP contribution in [-0.2, 0) is 16.0 Å². The van der Waals surface area contributed by atoms with Gasteiger partial charge in [0.05, 0.1) is 33.0 Å². The normalized spacial score (nSPS) is 12.4. The molecular weight excluding hydrogens is 282 g/mol. The fraction of sp³-hybridized carbons (Fsp3) is 0.571. The maximum atomic E-state index is 9.73.